The van der Waals surface area contributed by atoms with Crippen LogP contribution in [0.25, 0.3) is 0 Å². The molecule has 5 nitrogen and oxygen atoms in total. The van der Waals surface area contributed by atoms with Crippen molar-refractivity contribution in [2.45, 2.75) is 31.2 Å². The van der Waals surface area contributed by atoms with Gasteiger partial charge in [-0.15, -0.1) is 0 Å². The number of aliphatic carboxylic acids is 1. The molecule has 1 aromatic rings. The fourth-order valence-electron chi connectivity index (χ4n) is 2.10. The van der Waals surface area contributed by atoms with Gasteiger partial charge in [0.05, 0.1) is 6.20 Å². The lowest BCUT2D eigenvalue weighted by molar-refractivity contribution is -0.148. The van der Waals surface area contributed by atoms with Crippen molar-refractivity contribution in [3.8, 4) is 0 Å². The van der Waals surface area contributed by atoms with Crippen molar-refractivity contribution in [1.29, 1.82) is 0 Å². The van der Waals surface area contributed by atoms with Gasteiger partial charge in [0.25, 0.3) is 0 Å². The molecule has 0 saturated heterocycles. The minimum Gasteiger partial charge on any atom is -0.481 e. The van der Waals surface area contributed by atoms with E-state index in [-0.39, 0.29) is 6.04 Å². The first-order valence-electron chi connectivity index (χ1n) is 4.47. The van der Waals surface area contributed by atoms with Gasteiger partial charge >= 0.3 is 5.97 Å². The Kier molecular flexibility index (Phi) is 1.85. The van der Waals surface area contributed by atoms with Crippen LogP contribution < -0.4 is 5.73 Å². The smallest absolute Gasteiger partial charge is 0.314 e. The van der Waals surface area contributed by atoms with E-state index in [2.05, 4.69) is 5.16 Å². The SMILES string of the molecule is Cc1oncc1C1(C(=O)O)CC(N)C1. The largest absolute Gasteiger partial charge is 0.481 e. The number of hydrogen-bond donors (Lipinski definition) is 2. The van der Waals surface area contributed by atoms with Crippen molar-refractivity contribution in [2.24, 2.45) is 5.73 Å². The Morgan fingerprint density at radius 2 is 2.43 bits per heavy atom. The van der Waals surface area contributed by atoms with Crippen LogP contribution in [-0.4, -0.2) is 22.3 Å². The van der Waals surface area contributed by atoms with Crippen molar-refractivity contribution in [3.05, 3.63) is 17.5 Å². The summed E-state index contributed by atoms with van der Waals surface area (Å²) in [5.41, 5.74) is 5.44. The molecule has 0 aromatic carbocycles. The first kappa shape index (κ1) is 9.21. The summed E-state index contributed by atoms with van der Waals surface area (Å²) < 4.78 is 4.88. The molecule has 1 saturated carbocycles. The summed E-state index contributed by atoms with van der Waals surface area (Å²) in [4.78, 5) is 11.2. The number of carbonyl (C=O) groups is 1. The second kappa shape index (κ2) is 2.81. The molecular weight excluding hydrogens is 184 g/mol. The lowest BCUT2D eigenvalue weighted by Crippen LogP contribution is -2.54. The molecule has 0 unspecified atom stereocenters. The molecule has 5 heteroatoms. The van der Waals surface area contributed by atoms with Crippen LogP contribution in [0.3, 0.4) is 0 Å². The molecule has 0 amide bonds. The van der Waals surface area contributed by atoms with Crippen LogP contribution in [0.1, 0.15) is 24.2 Å². The van der Waals surface area contributed by atoms with Gasteiger partial charge in [0.1, 0.15) is 11.2 Å². The maximum atomic E-state index is 11.2. The highest BCUT2D eigenvalue weighted by Crippen LogP contribution is 2.44. The predicted octanol–water partition coefficient (Wildman–Crippen LogP) is 0.427. The molecule has 1 aliphatic rings. The lowest BCUT2D eigenvalue weighted by Gasteiger charge is -2.42. The van der Waals surface area contributed by atoms with Crippen LogP contribution in [0.2, 0.25) is 0 Å². The Morgan fingerprint density at radius 3 is 2.79 bits per heavy atom. The molecule has 2 rings (SSSR count). The van der Waals surface area contributed by atoms with Crippen LogP contribution in [-0.2, 0) is 10.2 Å². The van der Waals surface area contributed by atoms with E-state index < -0.39 is 11.4 Å². The van der Waals surface area contributed by atoms with E-state index in [0.717, 1.165) is 0 Å². The minimum absolute atomic E-state index is 0.0274. The Labute approximate surface area is 80.9 Å². The summed E-state index contributed by atoms with van der Waals surface area (Å²) in [5, 5.41) is 12.8. The summed E-state index contributed by atoms with van der Waals surface area (Å²) in [6, 6.07) is -0.0274. The maximum Gasteiger partial charge on any atom is 0.314 e. The van der Waals surface area contributed by atoms with Crippen molar-refractivity contribution in [2.75, 3.05) is 0 Å². The summed E-state index contributed by atoms with van der Waals surface area (Å²) >= 11 is 0. The monoisotopic (exact) mass is 196 g/mol. The minimum atomic E-state index is -0.858. The van der Waals surface area contributed by atoms with Crippen LogP contribution in [0.4, 0.5) is 0 Å². The molecule has 14 heavy (non-hydrogen) atoms. The molecule has 0 radical (unpaired) electrons. The third-order valence-corrected chi connectivity index (χ3v) is 2.90. The zero-order valence-electron chi connectivity index (χ0n) is 7.86. The maximum absolute atomic E-state index is 11.2. The van der Waals surface area contributed by atoms with Crippen LogP contribution >= 0.6 is 0 Å². The van der Waals surface area contributed by atoms with E-state index in [9.17, 15) is 9.90 Å². The normalized spacial score (nSPS) is 31.1. The van der Waals surface area contributed by atoms with Crippen molar-refractivity contribution in [3.63, 3.8) is 0 Å². The van der Waals surface area contributed by atoms with Gasteiger partial charge in [0, 0.05) is 11.6 Å². The van der Waals surface area contributed by atoms with E-state index in [1.165, 1.54) is 6.20 Å². The van der Waals surface area contributed by atoms with E-state index >= 15 is 0 Å². The van der Waals surface area contributed by atoms with E-state index in [0.29, 0.717) is 24.2 Å². The molecule has 1 fully saturated rings. The molecule has 1 aliphatic carbocycles. The average Bonchev–Trinajstić information content (AvgIpc) is 2.45. The van der Waals surface area contributed by atoms with Gasteiger partial charge in [-0.3, -0.25) is 4.79 Å². The molecule has 3 N–H and O–H groups in total. The zero-order valence-corrected chi connectivity index (χ0v) is 7.86. The van der Waals surface area contributed by atoms with Crippen LogP contribution in [0, 0.1) is 6.92 Å². The van der Waals surface area contributed by atoms with Gasteiger partial charge in [0.15, 0.2) is 0 Å². The highest BCUT2D eigenvalue weighted by molar-refractivity contribution is 5.83. The molecule has 0 atom stereocenters. The number of hydrogen-bond acceptors (Lipinski definition) is 4. The quantitative estimate of drug-likeness (QED) is 0.715. The third-order valence-electron chi connectivity index (χ3n) is 2.90. The van der Waals surface area contributed by atoms with E-state index in [1.54, 1.807) is 6.92 Å². The van der Waals surface area contributed by atoms with E-state index in [1.807, 2.05) is 0 Å². The summed E-state index contributed by atoms with van der Waals surface area (Å²) in [6.07, 6.45) is 2.41. The van der Waals surface area contributed by atoms with Crippen molar-refractivity contribution in [1.82, 2.24) is 5.16 Å². The molecule has 76 valence electrons. The van der Waals surface area contributed by atoms with Gasteiger partial charge in [0.2, 0.25) is 0 Å². The number of nitrogens with zero attached hydrogens (tertiary/aromatic N) is 1. The van der Waals surface area contributed by atoms with Crippen molar-refractivity contribution >= 4 is 5.97 Å². The molecular formula is C9H12N2O3. The first-order chi connectivity index (χ1) is 6.56. The zero-order chi connectivity index (χ0) is 10.3. The Bertz CT molecular complexity index is 366. The number of aromatic nitrogens is 1. The summed E-state index contributed by atoms with van der Waals surface area (Å²) in [7, 11) is 0. The van der Waals surface area contributed by atoms with Gasteiger partial charge in [-0.05, 0) is 19.8 Å². The first-order valence-corrected chi connectivity index (χ1v) is 4.47. The number of nitrogens with two attached hydrogens (primary N) is 1. The summed E-state index contributed by atoms with van der Waals surface area (Å²) in [6.45, 7) is 1.72. The fourth-order valence-corrected chi connectivity index (χ4v) is 2.10. The second-order valence-electron chi connectivity index (χ2n) is 3.85. The Morgan fingerprint density at radius 1 is 1.79 bits per heavy atom. The molecule has 1 aromatic heterocycles. The molecule has 0 aliphatic heterocycles. The predicted molar refractivity (Wildman–Crippen MR) is 47.8 cm³/mol. The lowest BCUT2D eigenvalue weighted by atomic mass is 9.62. The highest BCUT2D eigenvalue weighted by atomic mass is 16.5. The highest BCUT2D eigenvalue weighted by Gasteiger charge is 2.52. The van der Waals surface area contributed by atoms with Gasteiger partial charge in [-0.1, -0.05) is 5.16 Å². The molecule has 0 spiro atoms. The topological polar surface area (TPSA) is 89.3 Å². The molecule has 0 bridgehead atoms. The van der Waals surface area contributed by atoms with Crippen LogP contribution in [0.5, 0.6) is 0 Å². The number of rotatable bonds is 2. The van der Waals surface area contributed by atoms with E-state index in [4.69, 9.17) is 10.3 Å². The summed E-state index contributed by atoms with van der Waals surface area (Å²) in [5.74, 6) is -0.273. The molecule has 1 heterocycles. The third kappa shape index (κ3) is 1.05. The Balaban J connectivity index is 2.39. The van der Waals surface area contributed by atoms with Gasteiger partial charge in [-0.2, -0.15) is 0 Å². The van der Waals surface area contributed by atoms with Gasteiger partial charge < -0.3 is 15.4 Å². The number of carboxylic acid groups (broad SMARTS) is 1. The Hall–Kier alpha value is -1.36. The van der Waals surface area contributed by atoms with Crippen LogP contribution in [0.15, 0.2) is 10.7 Å². The van der Waals surface area contributed by atoms with Gasteiger partial charge in [-0.25, -0.2) is 0 Å². The standard InChI is InChI=1S/C9H12N2O3/c1-5-7(4-11-14-5)9(8(12)13)2-6(10)3-9/h4,6H,2-3,10H2,1H3,(H,12,13). The fraction of sp³-hybridized carbons (Fsp3) is 0.556. The van der Waals surface area contributed by atoms with Crippen molar-refractivity contribution < 1.29 is 14.4 Å². The number of aryl methyl sites for hydroxylation is 1. The number of carboxylic acids is 1. The second-order valence-corrected chi connectivity index (χ2v) is 3.85. The average molecular weight is 196 g/mol.